The summed E-state index contributed by atoms with van der Waals surface area (Å²) in [6, 6.07) is 7.22. The minimum Gasteiger partial charge on any atom is -0.480 e. The SMILES string of the molecule is O=C(O)[C@@H](Br)c1ccccc1Br. The lowest BCUT2D eigenvalue weighted by molar-refractivity contribution is -0.136. The average molecular weight is 294 g/mol. The number of carbonyl (C=O) groups is 1. The second kappa shape index (κ2) is 4.05. The minimum atomic E-state index is -0.887. The number of benzene rings is 1. The predicted octanol–water partition coefficient (Wildman–Crippen LogP) is 2.97. The number of alkyl halides is 1. The lowest BCUT2D eigenvalue weighted by Crippen LogP contribution is -2.04. The van der Waals surface area contributed by atoms with E-state index < -0.39 is 10.8 Å². The highest BCUT2D eigenvalue weighted by molar-refractivity contribution is 9.11. The maximum atomic E-state index is 10.6. The molecule has 0 saturated heterocycles. The molecule has 0 bridgehead atoms. The molecule has 0 fully saturated rings. The third-order valence-electron chi connectivity index (χ3n) is 1.40. The molecule has 64 valence electrons. The molecule has 0 amide bonds. The minimum absolute atomic E-state index is 0.645. The van der Waals surface area contributed by atoms with Gasteiger partial charge >= 0.3 is 5.97 Å². The van der Waals surface area contributed by atoms with Crippen LogP contribution in [0.2, 0.25) is 0 Å². The maximum absolute atomic E-state index is 10.6. The number of carboxylic acid groups (broad SMARTS) is 1. The third kappa shape index (κ3) is 2.08. The van der Waals surface area contributed by atoms with Crippen LogP contribution in [0, 0.1) is 0 Å². The molecule has 4 heteroatoms. The van der Waals surface area contributed by atoms with E-state index in [1.54, 1.807) is 12.1 Å². The van der Waals surface area contributed by atoms with E-state index in [9.17, 15) is 4.79 Å². The summed E-state index contributed by atoms with van der Waals surface area (Å²) < 4.78 is 0.800. The average Bonchev–Trinajstić information content (AvgIpc) is 2.04. The van der Waals surface area contributed by atoms with Crippen LogP contribution in [0.4, 0.5) is 0 Å². The molecule has 1 aromatic rings. The van der Waals surface area contributed by atoms with E-state index in [-0.39, 0.29) is 0 Å². The molecule has 1 rings (SSSR count). The van der Waals surface area contributed by atoms with Crippen LogP contribution >= 0.6 is 31.9 Å². The summed E-state index contributed by atoms with van der Waals surface area (Å²) in [6.45, 7) is 0. The summed E-state index contributed by atoms with van der Waals surface area (Å²) in [5.41, 5.74) is 0.727. The molecule has 0 aliphatic rings. The van der Waals surface area contributed by atoms with Crippen LogP contribution in [0.25, 0.3) is 0 Å². The number of rotatable bonds is 2. The molecule has 0 aliphatic carbocycles. The fourth-order valence-electron chi connectivity index (χ4n) is 0.814. The Bertz CT molecular complexity index is 299. The van der Waals surface area contributed by atoms with Crippen LogP contribution in [0.15, 0.2) is 28.7 Å². The van der Waals surface area contributed by atoms with Gasteiger partial charge in [0, 0.05) is 4.47 Å². The van der Waals surface area contributed by atoms with Gasteiger partial charge in [0.05, 0.1) is 0 Å². The van der Waals surface area contributed by atoms with Gasteiger partial charge < -0.3 is 5.11 Å². The molecular formula is C8H6Br2O2. The van der Waals surface area contributed by atoms with Crippen LogP contribution in [0.3, 0.4) is 0 Å². The number of aliphatic carboxylic acids is 1. The Morgan fingerprint density at radius 2 is 2.00 bits per heavy atom. The van der Waals surface area contributed by atoms with Crippen molar-refractivity contribution in [3.63, 3.8) is 0 Å². The molecule has 0 spiro atoms. The first-order valence-corrected chi connectivity index (χ1v) is 4.95. The van der Waals surface area contributed by atoms with Crippen LogP contribution in [0.1, 0.15) is 10.4 Å². The van der Waals surface area contributed by atoms with Gasteiger partial charge in [-0.2, -0.15) is 0 Å². The van der Waals surface area contributed by atoms with Crippen molar-refractivity contribution in [3.8, 4) is 0 Å². The molecule has 1 N–H and O–H groups in total. The molecule has 1 aromatic carbocycles. The lowest BCUT2D eigenvalue weighted by Gasteiger charge is -2.06. The number of hydrogen-bond donors (Lipinski definition) is 1. The normalized spacial score (nSPS) is 12.5. The predicted molar refractivity (Wildman–Crippen MR) is 53.4 cm³/mol. The Morgan fingerprint density at radius 1 is 1.42 bits per heavy atom. The maximum Gasteiger partial charge on any atom is 0.321 e. The van der Waals surface area contributed by atoms with Crippen LogP contribution < -0.4 is 0 Å². The van der Waals surface area contributed by atoms with Crippen LogP contribution in [-0.4, -0.2) is 11.1 Å². The summed E-state index contributed by atoms with van der Waals surface area (Å²) in [6.07, 6.45) is 0. The second-order valence-corrected chi connectivity index (χ2v) is 3.99. The van der Waals surface area contributed by atoms with Gasteiger partial charge in [0.15, 0.2) is 0 Å². The molecule has 0 heterocycles. The van der Waals surface area contributed by atoms with Crippen molar-refractivity contribution in [2.75, 3.05) is 0 Å². The van der Waals surface area contributed by atoms with Crippen molar-refractivity contribution in [3.05, 3.63) is 34.3 Å². The molecule has 0 unspecified atom stereocenters. The standard InChI is InChI=1S/C8H6Br2O2/c9-6-4-2-1-3-5(6)7(10)8(11)12/h1-4,7H,(H,11,12)/t7-/m0/s1. The highest BCUT2D eigenvalue weighted by Crippen LogP contribution is 2.29. The van der Waals surface area contributed by atoms with E-state index in [4.69, 9.17) is 5.11 Å². The van der Waals surface area contributed by atoms with E-state index >= 15 is 0 Å². The Morgan fingerprint density at radius 3 is 2.50 bits per heavy atom. The second-order valence-electron chi connectivity index (χ2n) is 2.22. The Labute approximate surface area is 86.9 Å². The fourth-order valence-corrected chi connectivity index (χ4v) is 2.03. The third-order valence-corrected chi connectivity index (χ3v) is 3.00. The number of halogens is 2. The van der Waals surface area contributed by atoms with Crippen molar-refractivity contribution >= 4 is 37.8 Å². The van der Waals surface area contributed by atoms with Crippen molar-refractivity contribution in [1.29, 1.82) is 0 Å². The Kier molecular flexibility index (Phi) is 3.29. The van der Waals surface area contributed by atoms with Crippen molar-refractivity contribution in [2.24, 2.45) is 0 Å². The summed E-state index contributed by atoms with van der Waals surface area (Å²) >= 11 is 6.34. The van der Waals surface area contributed by atoms with Crippen molar-refractivity contribution < 1.29 is 9.90 Å². The zero-order valence-corrected chi connectivity index (χ0v) is 9.17. The van der Waals surface area contributed by atoms with Gasteiger partial charge in [-0.15, -0.1) is 0 Å². The highest BCUT2D eigenvalue weighted by Gasteiger charge is 2.17. The van der Waals surface area contributed by atoms with Gasteiger partial charge in [0.25, 0.3) is 0 Å². The van der Waals surface area contributed by atoms with Gasteiger partial charge in [-0.3, -0.25) is 4.79 Å². The van der Waals surface area contributed by atoms with Gasteiger partial charge in [0.2, 0.25) is 0 Å². The summed E-state index contributed by atoms with van der Waals surface area (Å²) in [4.78, 5) is 9.94. The van der Waals surface area contributed by atoms with E-state index in [0.29, 0.717) is 0 Å². The van der Waals surface area contributed by atoms with Gasteiger partial charge in [-0.25, -0.2) is 0 Å². The largest absolute Gasteiger partial charge is 0.480 e. The smallest absolute Gasteiger partial charge is 0.321 e. The van der Waals surface area contributed by atoms with E-state index in [1.165, 1.54) is 0 Å². The van der Waals surface area contributed by atoms with Crippen LogP contribution in [-0.2, 0) is 4.79 Å². The first-order chi connectivity index (χ1) is 5.63. The van der Waals surface area contributed by atoms with E-state index in [2.05, 4.69) is 31.9 Å². The molecule has 2 nitrogen and oxygen atoms in total. The molecule has 0 saturated carbocycles. The summed E-state index contributed by atoms with van der Waals surface area (Å²) in [7, 11) is 0. The summed E-state index contributed by atoms with van der Waals surface area (Å²) in [5, 5.41) is 8.69. The van der Waals surface area contributed by atoms with Crippen molar-refractivity contribution in [1.82, 2.24) is 0 Å². The first-order valence-electron chi connectivity index (χ1n) is 3.24. The van der Waals surface area contributed by atoms with E-state index in [1.807, 2.05) is 12.1 Å². The number of hydrogen-bond acceptors (Lipinski definition) is 1. The molecule has 1 atom stereocenters. The molecule has 12 heavy (non-hydrogen) atoms. The van der Waals surface area contributed by atoms with Crippen LogP contribution in [0.5, 0.6) is 0 Å². The van der Waals surface area contributed by atoms with Crippen molar-refractivity contribution in [2.45, 2.75) is 4.83 Å². The zero-order chi connectivity index (χ0) is 9.14. The molecule has 0 aromatic heterocycles. The first kappa shape index (κ1) is 9.74. The monoisotopic (exact) mass is 292 g/mol. The Hall–Kier alpha value is -0.350. The number of carboxylic acids is 1. The van der Waals surface area contributed by atoms with E-state index in [0.717, 1.165) is 10.0 Å². The van der Waals surface area contributed by atoms with Gasteiger partial charge in [0.1, 0.15) is 4.83 Å². The lowest BCUT2D eigenvalue weighted by atomic mass is 10.1. The summed E-state index contributed by atoms with van der Waals surface area (Å²) in [5.74, 6) is -0.887. The quantitative estimate of drug-likeness (QED) is 0.851. The zero-order valence-electron chi connectivity index (χ0n) is 6.00. The highest BCUT2D eigenvalue weighted by atomic mass is 79.9. The Balaban J connectivity index is 3.02. The van der Waals surface area contributed by atoms with Gasteiger partial charge in [-0.1, -0.05) is 50.1 Å². The topological polar surface area (TPSA) is 37.3 Å². The molecular weight excluding hydrogens is 288 g/mol. The molecule has 0 aliphatic heterocycles. The van der Waals surface area contributed by atoms with Gasteiger partial charge in [-0.05, 0) is 11.6 Å². The fraction of sp³-hybridized carbons (Fsp3) is 0.125. The molecule has 0 radical (unpaired) electrons.